The van der Waals surface area contributed by atoms with Crippen LogP contribution in [0.4, 0.5) is 68.2 Å². The Balaban J connectivity index is 0.918. The molecule has 0 radical (unpaired) electrons. The number of benzene rings is 16. The molecule has 0 aliphatic carbocycles. The maximum atomic E-state index is 2.58. The van der Waals surface area contributed by atoms with Crippen LogP contribution < -0.4 is 52.4 Å². The van der Waals surface area contributed by atoms with Crippen molar-refractivity contribution in [1.82, 2.24) is 0 Å². The summed E-state index contributed by atoms with van der Waals surface area (Å²) in [6, 6.07) is 122. The predicted octanol–water partition coefficient (Wildman–Crippen LogP) is 21.3. The Kier molecular flexibility index (Phi) is 14.8. The highest BCUT2D eigenvalue weighted by Gasteiger charge is 2.41. The first-order chi connectivity index (χ1) is 49.1. The van der Waals surface area contributed by atoms with Gasteiger partial charge in [0.25, 0.3) is 0 Å². The van der Waals surface area contributed by atoms with Crippen LogP contribution in [0.1, 0.15) is 33.4 Å². The molecule has 4 nitrogen and oxygen atoms in total. The van der Waals surface area contributed by atoms with Crippen LogP contribution in [0.3, 0.4) is 0 Å². The monoisotopic (exact) mass is 1280 g/mol. The fourth-order valence-corrected chi connectivity index (χ4v) is 17.4. The van der Waals surface area contributed by atoms with E-state index in [0.717, 1.165) is 68.2 Å². The molecule has 6 heteroatoms. The van der Waals surface area contributed by atoms with Gasteiger partial charge in [0.15, 0.2) is 0 Å². The van der Waals surface area contributed by atoms with Crippen molar-refractivity contribution in [3.8, 4) is 22.3 Å². The number of rotatable bonds is 14. The van der Waals surface area contributed by atoms with Crippen molar-refractivity contribution in [2.45, 2.75) is 41.5 Å². The summed E-state index contributed by atoms with van der Waals surface area (Å²) in [5.74, 6) is 0. The lowest BCUT2D eigenvalue weighted by molar-refractivity contribution is 1.26. The molecular weight excluding hydrogens is 1210 g/mol. The van der Waals surface area contributed by atoms with Crippen LogP contribution in [0.15, 0.2) is 328 Å². The van der Waals surface area contributed by atoms with Crippen LogP contribution in [0, 0.1) is 41.5 Å². The standard InChI is InChI=1S/C94H72B2N4/c1-61-51-77(97(69-31-15-7-16-32-69)70-33-17-8-18-34-70)52-62(2)91(61)95-85-49-47-67-58-82-84-60-80(100(75-43-27-13-28-44-75)76-45-29-14-30-46-76)56-66(6)94(84)96(92-63(3)53-78(54-64(92)4)98(71-35-19-9-20-36-71)72-37-21-10-22-38-72)86-50-48-68-57-81(89(85)87(67)88(68)90(82)86)83-59-79(55-65(5)93(83)95)99(73-39-23-11-24-40-73)74-41-25-12-26-42-74/h7-60H,1-6H3. The average Bonchev–Trinajstić information content (AvgIpc) is 0.677. The van der Waals surface area contributed by atoms with Crippen molar-refractivity contribution in [2.24, 2.45) is 0 Å². The van der Waals surface area contributed by atoms with E-state index in [2.05, 4.69) is 389 Å². The van der Waals surface area contributed by atoms with E-state index in [1.165, 1.54) is 121 Å². The summed E-state index contributed by atoms with van der Waals surface area (Å²) in [4.78, 5) is 9.69. The number of nitrogens with zero attached hydrogens (tertiary/aromatic N) is 4. The molecular formula is C94H72B2N4. The summed E-state index contributed by atoms with van der Waals surface area (Å²) in [6.45, 7) is 14.0. The van der Waals surface area contributed by atoms with E-state index in [-0.39, 0.29) is 13.4 Å². The Hall–Kier alpha value is -12.1. The van der Waals surface area contributed by atoms with Crippen LogP contribution in [0.25, 0.3) is 54.6 Å². The van der Waals surface area contributed by atoms with Gasteiger partial charge in [0.2, 0.25) is 13.4 Å². The quantitative estimate of drug-likeness (QED) is 0.0795. The second kappa shape index (κ2) is 24.5. The average molecular weight is 1280 g/mol. The van der Waals surface area contributed by atoms with Gasteiger partial charge >= 0.3 is 0 Å². The van der Waals surface area contributed by atoms with Crippen molar-refractivity contribution in [3.63, 3.8) is 0 Å². The van der Waals surface area contributed by atoms with E-state index in [1.54, 1.807) is 0 Å². The smallest absolute Gasteiger partial charge is 0.243 e. The summed E-state index contributed by atoms with van der Waals surface area (Å²) < 4.78 is 0. The summed E-state index contributed by atoms with van der Waals surface area (Å²) in [5.41, 5.74) is 34.2. The van der Waals surface area contributed by atoms with Crippen LogP contribution in [0.2, 0.25) is 0 Å². The molecule has 0 atom stereocenters. The Morgan fingerprint density at radius 2 is 0.390 bits per heavy atom. The summed E-state index contributed by atoms with van der Waals surface area (Å²) in [7, 11) is 0. The topological polar surface area (TPSA) is 13.0 Å². The lowest BCUT2D eigenvalue weighted by Gasteiger charge is -2.36. The molecule has 2 aliphatic heterocycles. The van der Waals surface area contributed by atoms with E-state index in [9.17, 15) is 0 Å². The van der Waals surface area contributed by atoms with Gasteiger partial charge in [-0.25, -0.2) is 0 Å². The molecule has 16 aromatic carbocycles. The van der Waals surface area contributed by atoms with Crippen molar-refractivity contribution in [1.29, 1.82) is 0 Å². The van der Waals surface area contributed by atoms with Crippen molar-refractivity contribution in [2.75, 3.05) is 19.6 Å². The van der Waals surface area contributed by atoms with Crippen LogP contribution in [0.5, 0.6) is 0 Å². The van der Waals surface area contributed by atoms with Gasteiger partial charge in [-0.3, -0.25) is 0 Å². The molecule has 16 aromatic rings. The molecule has 0 aromatic heterocycles. The Morgan fingerprint density at radius 1 is 0.180 bits per heavy atom. The highest BCUT2D eigenvalue weighted by molar-refractivity contribution is 7.00. The van der Waals surface area contributed by atoms with Gasteiger partial charge in [0, 0.05) is 68.2 Å². The zero-order valence-electron chi connectivity index (χ0n) is 57.1. The summed E-state index contributed by atoms with van der Waals surface area (Å²) >= 11 is 0. The minimum atomic E-state index is -0.0957. The van der Waals surface area contributed by atoms with Crippen molar-refractivity contribution < 1.29 is 0 Å². The van der Waals surface area contributed by atoms with Gasteiger partial charge in [0.1, 0.15) is 0 Å². The molecule has 0 saturated carbocycles. The molecule has 0 saturated heterocycles. The third-order valence-corrected chi connectivity index (χ3v) is 21.3. The first kappa shape index (κ1) is 60.3. The van der Waals surface area contributed by atoms with Crippen LogP contribution in [-0.2, 0) is 0 Å². The number of hydrogen-bond acceptors (Lipinski definition) is 4. The zero-order valence-corrected chi connectivity index (χ0v) is 57.1. The number of anilines is 12. The highest BCUT2D eigenvalue weighted by atomic mass is 15.2. The molecule has 18 rings (SSSR count). The molecule has 0 N–H and O–H groups in total. The second-order valence-corrected chi connectivity index (χ2v) is 27.4. The van der Waals surface area contributed by atoms with Gasteiger partial charge in [0.05, 0.1) is 0 Å². The Labute approximate surface area is 587 Å². The lowest BCUT2D eigenvalue weighted by atomic mass is 9.31. The number of hydrogen-bond donors (Lipinski definition) is 0. The largest absolute Gasteiger partial charge is 0.310 e. The maximum absolute atomic E-state index is 2.58. The number of fused-ring (bicyclic) bond motifs is 4. The molecule has 0 fully saturated rings. The fraction of sp³-hybridized carbons (Fsp3) is 0.0638. The molecule has 2 heterocycles. The van der Waals surface area contributed by atoms with E-state index in [0.29, 0.717) is 0 Å². The maximum Gasteiger partial charge on any atom is 0.243 e. The summed E-state index contributed by atoms with van der Waals surface area (Å²) in [6.07, 6.45) is 0. The van der Waals surface area contributed by atoms with Crippen LogP contribution >= 0.6 is 0 Å². The van der Waals surface area contributed by atoms with Gasteiger partial charge in [-0.05, 0) is 254 Å². The van der Waals surface area contributed by atoms with Gasteiger partial charge < -0.3 is 19.6 Å². The van der Waals surface area contributed by atoms with E-state index in [1.807, 2.05) is 0 Å². The van der Waals surface area contributed by atoms with Gasteiger partial charge in [-0.1, -0.05) is 236 Å². The predicted molar refractivity (Wildman–Crippen MR) is 430 cm³/mol. The minimum absolute atomic E-state index is 0.0957. The third kappa shape index (κ3) is 9.91. The lowest BCUT2D eigenvalue weighted by Crippen LogP contribution is -2.58. The molecule has 0 spiro atoms. The molecule has 100 heavy (non-hydrogen) atoms. The molecule has 2 aliphatic rings. The van der Waals surface area contributed by atoms with Crippen LogP contribution in [-0.4, -0.2) is 13.4 Å². The minimum Gasteiger partial charge on any atom is -0.310 e. The Bertz CT molecular complexity index is 5230. The third-order valence-electron chi connectivity index (χ3n) is 21.3. The zero-order chi connectivity index (χ0) is 67.3. The fourth-order valence-electron chi connectivity index (χ4n) is 17.4. The number of aryl methyl sites for hydroxylation is 6. The second-order valence-electron chi connectivity index (χ2n) is 27.4. The highest BCUT2D eigenvalue weighted by Crippen LogP contribution is 2.49. The Morgan fingerprint density at radius 3 is 0.620 bits per heavy atom. The van der Waals surface area contributed by atoms with Crippen molar-refractivity contribution >= 4 is 147 Å². The molecule has 0 bridgehead atoms. The number of para-hydroxylation sites is 8. The van der Waals surface area contributed by atoms with Crippen molar-refractivity contribution in [3.05, 3.63) is 361 Å². The van der Waals surface area contributed by atoms with Gasteiger partial charge in [-0.2, -0.15) is 0 Å². The SMILES string of the molecule is Cc1cc(N(c2ccccc2)c2ccccc2)cc(C)c1B1c2c(C)cc(N(c3ccccc3)c3ccccc3)cc2-c2cc3ccc4c5c(cc6ccc1c2c6c35)-c1cc(N(c2ccccc2)c2ccccc2)cc(C)c1B4c1c(C)cc(N(c2ccccc2)c2ccccc2)cc1C. The van der Waals surface area contributed by atoms with Gasteiger partial charge in [-0.15, -0.1) is 0 Å². The molecule has 0 unspecified atom stereocenters. The van der Waals surface area contributed by atoms with E-state index >= 15 is 0 Å². The molecule has 474 valence electrons. The first-order valence-corrected chi connectivity index (χ1v) is 35.0. The van der Waals surface area contributed by atoms with E-state index in [4.69, 9.17) is 0 Å². The summed E-state index contributed by atoms with van der Waals surface area (Å²) in [5, 5.41) is 7.81. The first-order valence-electron chi connectivity index (χ1n) is 35.0. The normalized spacial score (nSPS) is 12.1. The van der Waals surface area contributed by atoms with E-state index < -0.39 is 0 Å². The molecule has 0 amide bonds.